The molecule has 0 aliphatic carbocycles. The molecule has 2 aromatic rings. The van der Waals surface area contributed by atoms with Crippen LogP contribution in [-0.4, -0.2) is 49.4 Å². The third-order valence-corrected chi connectivity index (χ3v) is 6.99. The Labute approximate surface area is 162 Å². The molecule has 0 radical (unpaired) electrons. The van der Waals surface area contributed by atoms with Crippen molar-refractivity contribution < 1.29 is 13.9 Å². The first-order valence-electron chi connectivity index (χ1n) is 9.61. The summed E-state index contributed by atoms with van der Waals surface area (Å²) in [5.74, 6) is -0.202. The van der Waals surface area contributed by atoms with Gasteiger partial charge < -0.3 is 15.0 Å². The van der Waals surface area contributed by atoms with E-state index >= 15 is 4.39 Å². The molecule has 1 atom stereocenters. The smallest absolute Gasteiger partial charge is 0.225 e. The molecule has 0 spiro atoms. The van der Waals surface area contributed by atoms with Crippen molar-refractivity contribution in [2.24, 2.45) is 5.92 Å². The molecule has 1 aromatic heterocycles. The van der Waals surface area contributed by atoms with Gasteiger partial charge >= 0.3 is 0 Å². The van der Waals surface area contributed by atoms with Gasteiger partial charge in [-0.2, -0.15) is 0 Å². The topological polar surface area (TPSA) is 54.5 Å². The van der Waals surface area contributed by atoms with Crippen molar-refractivity contribution in [3.05, 3.63) is 23.3 Å². The number of aromatic nitrogens is 1. The van der Waals surface area contributed by atoms with E-state index in [0.717, 1.165) is 17.1 Å². The fourth-order valence-electron chi connectivity index (χ4n) is 3.79. The Balaban J connectivity index is 1.37. The SMILES string of the molecule is Cc1ccc(C)c2sc(N3CCC(F)(CNC(=O)C4CCOC4)CC3)nc12. The fourth-order valence-corrected chi connectivity index (χ4v) is 4.95. The van der Waals surface area contributed by atoms with Gasteiger partial charge in [-0.25, -0.2) is 9.37 Å². The molecule has 146 valence electrons. The Hall–Kier alpha value is -1.73. The maximum atomic E-state index is 15.2. The zero-order chi connectivity index (χ0) is 19.0. The molecule has 2 fully saturated rings. The van der Waals surface area contributed by atoms with Crippen LogP contribution in [-0.2, 0) is 9.53 Å². The first-order chi connectivity index (χ1) is 13.0. The predicted octanol–water partition coefficient (Wildman–Crippen LogP) is 3.37. The molecule has 1 aromatic carbocycles. The highest BCUT2D eigenvalue weighted by atomic mass is 32.1. The highest BCUT2D eigenvalue weighted by Crippen LogP contribution is 2.36. The van der Waals surface area contributed by atoms with Crippen LogP contribution in [0.15, 0.2) is 12.1 Å². The lowest BCUT2D eigenvalue weighted by Crippen LogP contribution is -2.49. The normalized spacial score (nSPS) is 22.3. The van der Waals surface area contributed by atoms with E-state index in [4.69, 9.17) is 9.72 Å². The van der Waals surface area contributed by atoms with Gasteiger partial charge in [-0.05, 0) is 31.4 Å². The molecule has 4 rings (SSSR count). The van der Waals surface area contributed by atoms with Crippen LogP contribution in [0.25, 0.3) is 10.2 Å². The van der Waals surface area contributed by atoms with E-state index < -0.39 is 5.67 Å². The monoisotopic (exact) mass is 391 g/mol. The average molecular weight is 392 g/mol. The van der Waals surface area contributed by atoms with Crippen molar-refractivity contribution in [1.29, 1.82) is 0 Å². The molecule has 5 nitrogen and oxygen atoms in total. The second-order valence-electron chi connectivity index (χ2n) is 7.79. The third kappa shape index (κ3) is 3.80. The van der Waals surface area contributed by atoms with Gasteiger partial charge in [0.1, 0.15) is 5.67 Å². The van der Waals surface area contributed by atoms with Crippen molar-refractivity contribution in [3.8, 4) is 0 Å². The summed E-state index contributed by atoms with van der Waals surface area (Å²) in [4.78, 5) is 19.1. The molecule has 3 heterocycles. The van der Waals surface area contributed by atoms with E-state index in [1.165, 1.54) is 15.8 Å². The van der Waals surface area contributed by atoms with E-state index in [9.17, 15) is 4.79 Å². The number of rotatable bonds is 4. The Morgan fingerprint density at radius 1 is 1.37 bits per heavy atom. The summed E-state index contributed by atoms with van der Waals surface area (Å²) < 4.78 is 21.6. The lowest BCUT2D eigenvalue weighted by molar-refractivity contribution is -0.125. The van der Waals surface area contributed by atoms with Gasteiger partial charge in [-0.15, -0.1) is 0 Å². The lowest BCUT2D eigenvalue weighted by Gasteiger charge is -2.36. The first-order valence-corrected chi connectivity index (χ1v) is 10.4. The minimum Gasteiger partial charge on any atom is -0.381 e. The van der Waals surface area contributed by atoms with E-state index in [1.54, 1.807) is 11.3 Å². The van der Waals surface area contributed by atoms with Crippen molar-refractivity contribution in [1.82, 2.24) is 10.3 Å². The number of aryl methyl sites for hydroxylation is 2. The van der Waals surface area contributed by atoms with Crippen LogP contribution in [0.1, 0.15) is 30.4 Å². The molecule has 1 N–H and O–H groups in total. The number of hydrogen-bond donors (Lipinski definition) is 1. The van der Waals surface area contributed by atoms with Crippen molar-refractivity contribution in [3.63, 3.8) is 0 Å². The summed E-state index contributed by atoms with van der Waals surface area (Å²) in [6.07, 6.45) is 1.54. The summed E-state index contributed by atoms with van der Waals surface area (Å²) in [7, 11) is 0. The van der Waals surface area contributed by atoms with E-state index in [1.807, 2.05) is 0 Å². The summed E-state index contributed by atoms with van der Waals surface area (Å²) in [6, 6.07) is 4.22. The largest absolute Gasteiger partial charge is 0.381 e. The number of nitrogens with zero attached hydrogens (tertiary/aromatic N) is 2. The van der Waals surface area contributed by atoms with Gasteiger partial charge in [0, 0.05) is 32.5 Å². The number of nitrogens with one attached hydrogen (secondary N) is 1. The summed E-state index contributed by atoms with van der Waals surface area (Å²) in [5, 5.41) is 3.77. The number of piperidine rings is 1. The lowest BCUT2D eigenvalue weighted by atomic mass is 9.93. The third-order valence-electron chi connectivity index (χ3n) is 5.74. The number of amides is 1. The Morgan fingerprint density at radius 3 is 2.78 bits per heavy atom. The second-order valence-corrected chi connectivity index (χ2v) is 8.77. The number of benzene rings is 1. The number of alkyl halides is 1. The van der Waals surface area contributed by atoms with Crippen LogP contribution < -0.4 is 10.2 Å². The van der Waals surface area contributed by atoms with Crippen LogP contribution >= 0.6 is 11.3 Å². The maximum absolute atomic E-state index is 15.2. The van der Waals surface area contributed by atoms with Gasteiger partial charge in [-0.1, -0.05) is 23.5 Å². The molecule has 7 heteroatoms. The standard InChI is InChI=1S/C20H26FN3O2S/c1-13-3-4-14(2)17-16(13)23-19(27-17)24-8-6-20(21,7-9-24)12-22-18(25)15-5-10-26-11-15/h3-4,15H,5-12H2,1-2H3,(H,22,25). The van der Waals surface area contributed by atoms with Crippen molar-refractivity contribution in [2.75, 3.05) is 37.7 Å². The number of carbonyl (C=O) groups excluding carboxylic acids is 1. The number of hydrogen-bond acceptors (Lipinski definition) is 5. The van der Waals surface area contributed by atoms with Crippen molar-refractivity contribution in [2.45, 2.75) is 38.8 Å². The summed E-state index contributed by atoms with van der Waals surface area (Å²) >= 11 is 1.69. The number of fused-ring (bicyclic) bond motifs is 1. The Kier molecular flexibility index (Phi) is 5.07. The van der Waals surface area contributed by atoms with Gasteiger partial charge in [-0.3, -0.25) is 4.79 Å². The number of thiazole rings is 1. The van der Waals surface area contributed by atoms with Crippen molar-refractivity contribution >= 4 is 32.6 Å². The molecular weight excluding hydrogens is 365 g/mol. The molecular formula is C20H26FN3O2S. The highest BCUT2D eigenvalue weighted by Gasteiger charge is 2.36. The zero-order valence-electron chi connectivity index (χ0n) is 15.9. The number of anilines is 1. The van der Waals surface area contributed by atoms with Gasteiger partial charge in [0.05, 0.1) is 29.3 Å². The quantitative estimate of drug-likeness (QED) is 0.868. The van der Waals surface area contributed by atoms with Crippen LogP contribution in [0, 0.1) is 19.8 Å². The molecule has 2 aliphatic heterocycles. The molecule has 1 amide bonds. The van der Waals surface area contributed by atoms with E-state index in [0.29, 0.717) is 39.1 Å². The van der Waals surface area contributed by atoms with Crippen LogP contribution in [0.5, 0.6) is 0 Å². The molecule has 0 bridgehead atoms. The highest BCUT2D eigenvalue weighted by molar-refractivity contribution is 7.22. The van der Waals surface area contributed by atoms with Crippen LogP contribution in [0.4, 0.5) is 9.52 Å². The Morgan fingerprint density at radius 2 is 2.11 bits per heavy atom. The number of ether oxygens (including phenoxy) is 1. The number of halogens is 1. The molecule has 1 unspecified atom stereocenters. The minimum atomic E-state index is -1.34. The van der Waals surface area contributed by atoms with Crippen LogP contribution in [0.3, 0.4) is 0 Å². The second kappa shape index (κ2) is 7.36. The summed E-state index contributed by atoms with van der Waals surface area (Å²) in [6.45, 7) is 6.59. The summed E-state index contributed by atoms with van der Waals surface area (Å²) in [5.41, 5.74) is 2.12. The minimum absolute atomic E-state index is 0.0796. The molecule has 2 aliphatic rings. The fraction of sp³-hybridized carbons (Fsp3) is 0.600. The van der Waals surface area contributed by atoms with Gasteiger partial charge in [0.2, 0.25) is 5.91 Å². The first kappa shape index (κ1) is 18.6. The Bertz CT molecular complexity index is 800. The maximum Gasteiger partial charge on any atom is 0.225 e. The number of carbonyl (C=O) groups is 1. The molecule has 27 heavy (non-hydrogen) atoms. The molecule has 0 saturated carbocycles. The van der Waals surface area contributed by atoms with E-state index in [-0.39, 0.29) is 18.4 Å². The van der Waals surface area contributed by atoms with Gasteiger partial charge in [0.15, 0.2) is 5.13 Å². The van der Waals surface area contributed by atoms with E-state index in [2.05, 4.69) is 36.2 Å². The molecule has 2 saturated heterocycles. The predicted molar refractivity (Wildman–Crippen MR) is 106 cm³/mol. The average Bonchev–Trinajstić information content (AvgIpc) is 3.34. The van der Waals surface area contributed by atoms with Crippen LogP contribution in [0.2, 0.25) is 0 Å². The van der Waals surface area contributed by atoms with Gasteiger partial charge in [0.25, 0.3) is 0 Å². The zero-order valence-corrected chi connectivity index (χ0v) is 16.7.